The Bertz CT molecular complexity index is 1330. The average Bonchev–Trinajstić information content (AvgIpc) is 3.22. The molecule has 1 saturated heterocycles. The van der Waals surface area contributed by atoms with Gasteiger partial charge in [-0.15, -0.1) is 0 Å². The molecule has 0 aliphatic carbocycles. The zero-order valence-corrected chi connectivity index (χ0v) is 35.2. The Kier molecular flexibility index (Phi) is 35.0. The Labute approximate surface area is 349 Å². The minimum Gasteiger partial charge on any atom is -0.457 e. The molecule has 6 unspecified atom stereocenters. The quantitative estimate of drug-likeness (QED) is 0.0291. The smallest absolute Gasteiger partial charge is 0.310 e. The van der Waals surface area contributed by atoms with E-state index in [-0.39, 0.29) is 19.6 Å². The van der Waals surface area contributed by atoms with Crippen molar-refractivity contribution in [2.24, 2.45) is 0 Å². The van der Waals surface area contributed by atoms with Crippen LogP contribution in [-0.2, 0) is 23.7 Å². The van der Waals surface area contributed by atoms with Gasteiger partial charge in [0, 0.05) is 6.61 Å². The molecule has 0 aromatic heterocycles. The largest absolute Gasteiger partial charge is 0.457 e. The van der Waals surface area contributed by atoms with Crippen LogP contribution in [0.25, 0.3) is 0 Å². The molecule has 1 aliphatic heterocycles. The molecule has 9 heteroatoms. The first kappa shape index (κ1) is 52.3. The van der Waals surface area contributed by atoms with Crippen LogP contribution in [-0.4, -0.2) is 89.6 Å². The molecule has 0 spiro atoms. The van der Waals surface area contributed by atoms with Crippen molar-refractivity contribution in [2.45, 2.75) is 141 Å². The lowest BCUT2D eigenvalue weighted by Crippen LogP contribution is -2.59. The zero-order chi connectivity index (χ0) is 42.2. The number of esters is 1. The van der Waals surface area contributed by atoms with Gasteiger partial charge < -0.3 is 39.4 Å². The number of ether oxygens (including phenoxy) is 4. The van der Waals surface area contributed by atoms with Crippen LogP contribution in [0, 0.1) is 0 Å². The van der Waals surface area contributed by atoms with Gasteiger partial charge >= 0.3 is 5.97 Å². The molecule has 0 aromatic rings. The minimum atomic E-state index is -1.57. The van der Waals surface area contributed by atoms with Gasteiger partial charge in [0.1, 0.15) is 30.5 Å². The Morgan fingerprint density at radius 3 is 1.40 bits per heavy atom. The highest BCUT2D eigenvalue weighted by Gasteiger charge is 2.44. The topological polar surface area (TPSA) is 135 Å². The molecule has 1 rings (SSSR count). The number of rotatable bonds is 33. The summed E-state index contributed by atoms with van der Waals surface area (Å²) in [6, 6.07) is 0. The van der Waals surface area contributed by atoms with Crippen LogP contribution in [0.5, 0.6) is 0 Å². The summed E-state index contributed by atoms with van der Waals surface area (Å²) in [6.07, 6.45) is 50.9. The summed E-state index contributed by atoms with van der Waals surface area (Å²) in [6.45, 7) is 4.00. The van der Waals surface area contributed by atoms with E-state index in [2.05, 4.69) is 129 Å². The Hall–Kier alpha value is -3.67. The van der Waals surface area contributed by atoms with Crippen molar-refractivity contribution in [3.05, 3.63) is 134 Å². The second-order valence-corrected chi connectivity index (χ2v) is 13.7. The number of carbonyl (C=O) groups excluding carboxylic acids is 1. The summed E-state index contributed by atoms with van der Waals surface area (Å²) >= 11 is 0. The molecule has 0 radical (unpaired) electrons. The van der Waals surface area contributed by atoms with E-state index in [1.807, 2.05) is 12.2 Å². The molecule has 1 heterocycles. The van der Waals surface area contributed by atoms with Gasteiger partial charge in [-0.25, -0.2) is 0 Å². The van der Waals surface area contributed by atoms with Crippen LogP contribution in [0.3, 0.4) is 0 Å². The lowest BCUT2D eigenvalue weighted by atomic mass is 9.99. The maximum Gasteiger partial charge on any atom is 0.310 e. The van der Waals surface area contributed by atoms with Crippen LogP contribution in [0.15, 0.2) is 134 Å². The van der Waals surface area contributed by atoms with Gasteiger partial charge in [0.2, 0.25) is 0 Å². The number of aliphatic hydroxyl groups is 4. The predicted molar refractivity (Wildman–Crippen MR) is 237 cm³/mol. The summed E-state index contributed by atoms with van der Waals surface area (Å²) < 4.78 is 22.6. The molecule has 1 aliphatic rings. The first-order valence-corrected chi connectivity index (χ1v) is 21.3. The van der Waals surface area contributed by atoms with Crippen LogP contribution in [0.4, 0.5) is 0 Å². The van der Waals surface area contributed by atoms with Gasteiger partial charge in [-0.2, -0.15) is 0 Å². The fourth-order valence-electron chi connectivity index (χ4n) is 5.35. The molecule has 324 valence electrons. The molecule has 4 N–H and O–H groups in total. The summed E-state index contributed by atoms with van der Waals surface area (Å²) in [4.78, 5) is 12.7. The molecular formula is C49H74O9. The number of carbonyl (C=O) groups is 1. The van der Waals surface area contributed by atoms with Crippen molar-refractivity contribution in [1.82, 2.24) is 0 Å². The first-order chi connectivity index (χ1) is 28.4. The van der Waals surface area contributed by atoms with Crippen molar-refractivity contribution in [3.63, 3.8) is 0 Å². The van der Waals surface area contributed by atoms with E-state index in [1.54, 1.807) is 6.08 Å². The highest BCUT2D eigenvalue weighted by Crippen LogP contribution is 2.22. The SMILES string of the molecule is CC/C=C\C/C=C\C/C=C\C/C=C\C/C=C\C/C=C\CCCOCC(COC1OC(CO)C(O)C(O)C1O)OC(=O)C/C=C\C/C=C\C/C=C\C/C=C\C/C=C\CC. The molecule has 58 heavy (non-hydrogen) atoms. The first-order valence-electron chi connectivity index (χ1n) is 21.3. The van der Waals surface area contributed by atoms with Crippen molar-refractivity contribution >= 4 is 5.97 Å². The molecule has 0 amide bonds. The fraction of sp³-hybridized carbons (Fsp3) is 0.531. The van der Waals surface area contributed by atoms with E-state index in [0.717, 1.165) is 77.0 Å². The lowest BCUT2D eigenvalue weighted by Gasteiger charge is -2.39. The molecule has 9 nitrogen and oxygen atoms in total. The van der Waals surface area contributed by atoms with Gasteiger partial charge in [0.15, 0.2) is 6.29 Å². The van der Waals surface area contributed by atoms with E-state index >= 15 is 0 Å². The summed E-state index contributed by atoms with van der Waals surface area (Å²) in [5.74, 6) is -0.467. The third-order valence-corrected chi connectivity index (χ3v) is 8.59. The van der Waals surface area contributed by atoms with Gasteiger partial charge in [-0.05, 0) is 83.5 Å². The zero-order valence-electron chi connectivity index (χ0n) is 35.2. The molecular weight excluding hydrogens is 733 g/mol. The van der Waals surface area contributed by atoms with Crippen molar-refractivity contribution in [3.8, 4) is 0 Å². The number of hydrogen-bond acceptors (Lipinski definition) is 9. The molecule has 0 saturated carbocycles. The lowest BCUT2D eigenvalue weighted by molar-refractivity contribution is -0.305. The van der Waals surface area contributed by atoms with Gasteiger partial charge in [-0.3, -0.25) is 4.79 Å². The average molecular weight is 807 g/mol. The van der Waals surface area contributed by atoms with Crippen LogP contribution in [0.2, 0.25) is 0 Å². The second-order valence-electron chi connectivity index (χ2n) is 13.7. The third-order valence-electron chi connectivity index (χ3n) is 8.59. The summed E-state index contributed by atoms with van der Waals surface area (Å²) in [5.41, 5.74) is 0. The Morgan fingerprint density at radius 1 is 0.552 bits per heavy atom. The number of aliphatic hydroxyl groups excluding tert-OH is 4. The van der Waals surface area contributed by atoms with Crippen molar-refractivity contribution in [2.75, 3.05) is 26.4 Å². The molecule has 0 aromatic carbocycles. The Balaban J connectivity index is 2.42. The summed E-state index contributed by atoms with van der Waals surface area (Å²) in [7, 11) is 0. The molecule has 0 bridgehead atoms. The Morgan fingerprint density at radius 2 is 0.966 bits per heavy atom. The fourth-order valence-corrected chi connectivity index (χ4v) is 5.35. The van der Waals surface area contributed by atoms with Crippen LogP contribution >= 0.6 is 0 Å². The number of unbranched alkanes of at least 4 members (excludes halogenated alkanes) is 1. The summed E-state index contributed by atoms with van der Waals surface area (Å²) in [5, 5.41) is 40.0. The normalized spacial score (nSPS) is 21.7. The van der Waals surface area contributed by atoms with E-state index in [4.69, 9.17) is 18.9 Å². The highest BCUT2D eigenvalue weighted by atomic mass is 16.7. The second kappa shape index (κ2) is 38.8. The highest BCUT2D eigenvalue weighted by molar-refractivity contribution is 5.71. The van der Waals surface area contributed by atoms with Gasteiger partial charge in [-0.1, -0.05) is 148 Å². The maximum absolute atomic E-state index is 12.7. The monoisotopic (exact) mass is 807 g/mol. The van der Waals surface area contributed by atoms with Gasteiger partial charge in [0.05, 0.1) is 26.2 Å². The van der Waals surface area contributed by atoms with Crippen molar-refractivity contribution in [1.29, 1.82) is 0 Å². The van der Waals surface area contributed by atoms with Crippen molar-refractivity contribution < 1.29 is 44.2 Å². The molecule has 6 atom stereocenters. The predicted octanol–water partition coefficient (Wildman–Crippen LogP) is 9.35. The van der Waals surface area contributed by atoms with Gasteiger partial charge in [0.25, 0.3) is 0 Å². The van der Waals surface area contributed by atoms with E-state index in [9.17, 15) is 25.2 Å². The standard InChI is InChI=1S/C49H74O9/c1-3-5-7-9-11-13-15-17-19-20-21-22-23-25-27-29-31-33-35-37-39-55-41-43(42-56-49-48(54)47(53)46(52)44(40-50)58-49)57-45(51)38-36-34-32-30-28-26-24-18-16-14-12-10-8-6-4-2/h5-8,11-14,17-19,21-22,24-25,27-28,30-31,33-34,36,43-44,46-50,52-54H,3-4,9-10,15-16,20,23,26,29,32,35,37-42H2,1-2H3/b7-5-,8-6-,13-11-,14-12-,19-17-,22-21-,24-18-,27-25-,30-28-,33-31-,36-34-. The molecule has 1 fully saturated rings. The van der Waals surface area contributed by atoms with Crippen LogP contribution < -0.4 is 0 Å². The van der Waals surface area contributed by atoms with E-state index < -0.39 is 49.4 Å². The maximum atomic E-state index is 12.7. The minimum absolute atomic E-state index is 0.0541. The number of hydrogen-bond donors (Lipinski definition) is 4. The third kappa shape index (κ3) is 29.5. The van der Waals surface area contributed by atoms with Crippen LogP contribution in [0.1, 0.15) is 104 Å². The number of allylic oxidation sites excluding steroid dienone is 21. The van der Waals surface area contributed by atoms with E-state index in [1.165, 1.54) is 0 Å². The van der Waals surface area contributed by atoms with E-state index in [0.29, 0.717) is 13.0 Å².